The third-order valence-corrected chi connectivity index (χ3v) is 5.55. The zero-order chi connectivity index (χ0) is 27.9. The number of halogens is 3. The number of carboxylic acids is 1. The van der Waals surface area contributed by atoms with Crippen molar-refractivity contribution in [3.05, 3.63) is 95.8 Å². The third kappa shape index (κ3) is 7.19. The Labute approximate surface area is 217 Å². The van der Waals surface area contributed by atoms with Crippen LogP contribution in [0.1, 0.15) is 23.9 Å². The standard InChI is InChI=1S/C25H26N6.C2HF3O2/c1-3-18-8-7-11-22(16-18)31(21-14-12-19(13-15-21)24(26)27)17-23-28-25(29-30(23)2)20-9-5-4-6-10-20;3-2(4,5)1(6)7/h4-16H,3,17H2,1-2H3,(H3,26,27);(H,6,7). The number of anilines is 2. The second-order valence-corrected chi connectivity index (χ2v) is 8.21. The maximum Gasteiger partial charge on any atom is 0.490 e. The van der Waals surface area contributed by atoms with Crippen LogP contribution in [0, 0.1) is 5.41 Å². The largest absolute Gasteiger partial charge is 0.490 e. The SMILES string of the molecule is CCc1cccc(N(Cc2nc(-c3ccccc3)nn2C)c2ccc(C(=N)N)cc2)c1.O=C(O)C(F)(F)F. The third-order valence-electron chi connectivity index (χ3n) is 5.55. The number of aromatic nitrogens is 3. The zero-order valence-electron chi connectivity index (χ0n) is 20.8. The highest BCUT2D eigenvalue weighted by Crippen LogP contribution is 2.29. The first-order valence-corrected chi connectivity index (χ1v) is 11.6. The van der Waals surface area contributed by atoms with Crippen molar-refractivity contribution in [2.75, 3.05) is 4.90 Å². The number of benzene rings is 3. The van der Waals surface area contributed by atoms with Gasteiger partial charge in [-0.25, -0.2) is 9.78 Å². The molecule has 0 aliphatic rings. The molecule has 0 radical (unpaired) electrons. The van der Waals surface area contributed by atoms with Crippen LogP contribution in [-0.2, 0) is 24.8 Å². The molecule has 3 aromatic carbocycles. The number of nitrogens with two attached hydrogens (primary N) is 1. The number of carbonyl (C=O) groups is 1. The van der Waals surface area contributed by atoms with Gasteiger partial charge in [-0.2, -0.15) is 18.3 Å². The molecule has 4 aromatic rings. The van der Waals surface area contributed by atoms with Gasteiger partial charge in [0.1, 0.15) is 11.7 Å². The second kappa shape index (κ2) is 12.0. The summed E-state index contributed by atoms with van der Waals surface area (Å²) in [5.74, 6) is -1.12. The van der Waals surface area contributed by atoms with E-state index >= 15 is 0 Å². The van der Waals surface area contributed by atoms with E-state index in [4.69, 9.17) is 26.0 Å². The first-order valence-electron chi connectivity index (χ1n) is 11.6. The van der Waals surface area contributed by atoms with Crippen LogP contribution in [-0.4, -0.2) is 37.9 Å². The number of aryl methyl sites for hydroxylation is 2. The molecule has 1 heterocycles. The maximum absolute atomic E-state index is 10.6. The Kier molecular flexibility index (Phi) is 8.85. The van der Waals surface area contributed by atoms with Crippen LogP contribution in [0.5, 0.6) is 0 Å². The predicted octanol–water partition coefficient (Wildman–Crippen LogP) is 5.30. The molecule has 0 aliphatic heterocycles. The molecule has 0 unspecified atom stereocenters. The predicted molar refractivity (Wildman–Crippen MR) is 139 cm³/mol. The Morgan fingerprint density at radius 3 is 2.21 bits per heavy atom. The van der Waals surface area contributed by atoms with E-state index in [1.807, 2.05) is 66.3 Å². The molecule has 11 heteroatoms. The molecular weight excluding hydrogens is 497 g/mol. The lowest BCUT2D eigenvalue weighted by molar-refractivity contribution is -0.192. The highest BCUT2D eigenvalue weighted by atomic mass is 19.4. The van der Waals surface area contributed by atoms with Crippen molar-refractivity contribution in [3.63, 3.8) is 0 Å². The molecule has 198 valence electrons. The molecule has 0 fully saturated rings. The van der Waals surface area contributed by atoms with Crippen molar-refractivity contribution in [1.29, 1.82) is 5.41 Å². The molecule has 38 heavy (non-hydrogen) atoms. The number of alkyl halides is 3. The lowest BCUT2D eigenvalue weighted by Crippen LogP contribution is -2.21. The van der Waals surface area contributed by atoms with Crippen LogP contribution >= 0.6 is 0 Å². The van der Waals surface area contributed by atoms with Gasteiger partial charge in [-0.1, -0.05) is 49.4 Å². The molecule has 0 spiro atoms. The van der Waals surface area contributed by atoms with Crippen molar-refractivity contribution in [2.45, 2.75) is 26.1 Å². The van der Waals surface area contributed by atoms with Crippen molar-refractivity contribution >= 4 is 23.2 Å². The van der Waals surface area contributed by atoms with E-state index in [9.17, 15) is 13.2 Å². The minimum absolute atomic E-state index is 0.0619. The maximum atomic E-state index is 10.6. The number of hydrogen-bond acceptors (Lipinski definition) is 5. The van der Waals surface area contributed by atoms with Gasteiger partial charge in [0.2, 0.25) is 0 Å². The minimum atomic E-state index is -5.08. The van der Waals surface area contributed by atoms with Crippen molar-refractivity contribution < 1.29 is 23.1 Å². The van der Waals surface area contributed by atoms with Crippen LogP contribution in [0.15, 0.2) is 78.9 Å². The van der Waals surface area contributed by atoms with Crippen LogP contribution < -0.4 is 10.6 Å². The molecule has 1 aromatic heterocycles. The van der Waals surface area contributed by atoms with E-state index in [1.54, 1.807) is 0 Å². The number of hydrogen-bond donors (Lipinski definition) is 3. The first kappa shape index (κ1) is 27.9. The van der Waals surface area contributed by atoms with Crippen molar-refractivity contribution in [1.82, 2.24) is 14.8 Å². The van der Waals surface area contributed by atoms with Gasteiger partial charge in [-0.3, -0.25) is 10.1 Å². The average Bonchev–Trinajstić information content (AvgIpc) is 3.27. The molecule has 8 nitrogen and oxygen atoms in total. The van der Waals surface area contributed by atoms with Gasteiger partial charge in [0.05, 0.1) is 6.54 Å². The Morgan fingerprint density at radius 2 is 1.66 bits per heavy atom. The van der Waals surface area contributed by atoms with Gasteiger partial charge in [0.25, 0.3) is 0 Å². The topological polar surface area (TPSA) is 121 Å². The Hall–Kier alpha value is -4.67. The number of nitrogen functional groups attached to an aromatic ring is 1. The average molecular weight is 525 g/mol. The van der Waals surface area contributed by atoms with E-state index in [1.165, 1.54) is 5.56 Å². The van der Waals surface area contributed by atoms with Gasteiger partial charge in [0, 0.05) is 29.5 Å². The van der Waals surface area contributed by atoms with Crippen LogP contribution in [0.25, 0.3) is 11.4 Å². The number of rotatable bonds is 7. The van der Waals surface area contributed by atoms with Gasteiger partial charge >= 0.3 is 12.1 Å². The second-order valence-electron chi connectivity index (χ2n) is 8.21. The summed E-state index contributed by atoms with van der Waals surface area (Å²) in [6.07, 6.45) is -4.12. The number of nitrogens with one attached hydrogen (secondary N) is 1. The van der Waals surface area contributed by atoms with Crippen LogP contribution in [0.2, 0.25) is 0 Å². The molecule has 0 bridgehead atoms. The molecule has 0 atom stereocenters. The van der Waals surface area contributed by atoms with Crippen molar-refractivity contribution in [3.8, 4) is 11.4 Å². The van der Waals surface area contributed by atoms with Gasteiger partial charge in [-0.05, 0) is 48.4 Å². The normalized spacial score (nSPS) is 10.9. The van der Waals surface area contributed by atoms with E-state index < -0.39 is 12.1 Å². The lowest BCUT2D eigenvalue weighted by Gasteiger charge is -2.25. The quantitative estimate of drug-likeness (QED) is 0.223. The Morgan fingerprint density at radius 1 is 1.03 bits per heavy atom. The molecule has 4 N–H and O–H groups in total. The molecule has 4 rings (SSSR count). The number of carboxylic acid groups (broad SMARTS) is 1. The van der Waals surface area contributed by atoms with E-state index in [0.717, 1.165) is 29.2 Å². The Bertz CT molecular complexity index is 1390. The lowest BCUT2D eigenvalue weighted by atomic mass is 10.1. The summed E-state index contributed by atoms with van der Waals surface area (Å²) in [7, 11) is 1.92. The van der Waals surface area contributed by atoms with E-state index in [-0.39, 0.29) is 5.84 Å². The molecule has 0 saturated carbocycles. The fraction of sp³-hybridized carbons (Fsp3) is 0.185. The molecule has 0 amide bonds. The van der Waals surface area contributed by atoms with E-state index in [0.29, 0.717) is 17.9 Å². The monoisotopic (exact) mass is 524 g/mol. The first-order chi connectivity index (χ1) is 18.0. The fourth-order valence-electron chi connectivity index (χ4n) is 3.50. The summed E-state index contributed by atoms with van der Waals surface area (Å²) in [5, 5.41) is 19.4. The van der Waals surface area contributed by atoms with E-state index in [2.05, 4.69) is 41.2 Å². The summed E-state index contributed by atoms with van der Waals surface area (Å²) < 4.78 is 33.6. The zero-order valence-corrected chi connectivity index (χ0v) is 20.8. The summed E-state index contributed by atoms with van der Waals surface area (Å²) in [6, 6.07) is 26.3. The van der Waals surface area contributed by atoms with Gasteiger partial charge in [0.15, 0.2) is 5.82 Å². The van der Waals surface area contributed by atoms with Crippen molar-refractivity contribution in [2.24, 2.45) is 12.8 Å². The summed E-state index contributed by atoms with van der Waals surface area (Å²) in [5.41, 5.74) is 10.7. The smallest absolute Gasteiger partial charge is 0.475 e. The highest BCUT2D eigenvalue weighted by molar-refractivity contribution is 5.95. The van der Waals surface area contributed by atoms with Gasteiger partial charge < -0.3 is 15.7 Å². The molecule has 0 aliphatic carbocycles. The number of amidine groups is 1. The minimum Gasteiger partial charge on any atom is -0.475 e. The number of nitrogens with zero attached hydrogens (tertiary/aromatic N) is 4. The summed E-state index contributed by atoms with van der Waals surface area (Å²) >= 11 is 0. The summed E-state index contributed by atoms with van der Waals surface area (Å²) in [6.45, 7) is 2.71. The number of aliphatic carboxylic acids is 1. The molecular formula is C27H27F3N6O2. The van der Waals surface area contributed by atoms with Crippen LogP contribution in [0.4, 0.5) is 24.5 Å². The Balaban J connectivity index is 0.000000505. The van der Waals surface area contributed by atoms with Gasteiger partial charge in [-0.15, -0.1) is 0 Å². The molecule has 0 saturated heterocycles. The fourth-order valence-corrected chi connectivity index (χ4v) is 3.50. The highest BCUT2D eigenvalue weighted by Gasteiger charge is 2.38. The summed E-state index contributed by atoms with van der Waals surface area (Å²) in [4.78, 5) is 15.9. The van der Waals surface area contributed by atoms with Crippen LogP contribution in [0.3, 0.4) is 0 Å².